The van der Waals surface area contributed by atoms with E-state index in [1.54, 1.807) is 60.8 Å². The zero-order valence-corrected chi connectivity index (χ0v) is 70.7. The normalized spacial score (nSPS) is 20.3. The number of benzene rings is 3. The van der Waals surface area contributed by atoms with Crippen LogP contribution >= 0.6 is 11.6 Å². The number of para-hydroxylation sites is 3. The Hall–Kier alpha value is -13.8. The molecule has 1 fully saturated rings. The fraction of sp³-hybridized carbons (Fsp3) is 0.476. The number of aliphatic hydroxyl groups is 1. The molecule has 0 bridgehead atoms. The number of amides is 14. The molecule has 0 aliphatic carbocycles. The number of esters is 1. The zero-order chi connectivity index (χ0) is 93.7. The van der Waals surface area contributed by atoms with E-state index in [4.69, 9.17) is 27.8 Å². The molecule has 127 heavy (non-hydrogen) atoms. The van der Waals surface area contributed by atoms with Crippen LogP contribution in [0.1, 0.15) is 152 Å². The number of nitrogens with one attached hydrogen (secondary N) is 15. The lowest BCUT2D eigenvalue weighted by Crippen LogP contribution is -2.62. The minimum absolute atomic E-state index is 0.0141. The number of Topliss-reactive ketones (excluding diaryl/α,β-unsaturated/α-hetero) is 1. The van der Waals surface area contributed by atoms with E-state index in [9.17, 15) is 112 Å². The van der Waals surface area contributed by atoms with Crippen LogP contribution in [0.25, 0.3) is 21.8 Å². The van der Waals surface area contributed by atoms with Gasteiger partial charge >= 0.3 is 29.8 Å². The number of ketones is 1. The van der Waals surface area contributed by atoms with Gasteiger partial charge in [0.25, 0.3) is 0 Å². The second-order valence-electron chi connectivity index (χ2n) is 30.2. The predicted molar refractivity (Wildman–Crippen MR) is 450 cm³/mol. The Labute approximate surface area is 731 Å². The van der Waals surface area contributed by atoms with E-state index in [1.165, 1.54) is 24.3 Å². The highest BCUT2D eigenvalue weighted by Gasteiger charge is 2.41. The minimum atomic E-state index is -2.48. The second-order valence-corrected chi connectivity index (χ2v) is 30.7. The van der Waals surface area contributed by atoms with Gasteiger partial charge < -0.3 is 121 Å². The summed E-state index contributed by atoms with van der Waals surface area (Å²) in [6.45, 7) is 1.34. The number of ether oxygens (including phenoxy) is 1. The van der Waals surface area contributed by atoms with E-state index < -0.39 is 261 Å². The van der Waals surface area contributed by atoms with E-state index >= 15 is 9.59 Å². The highest BCUT2D eigenvalue weighted by molar-refractivity contribution is 6.35. The Morgan fingerprint density at radius 3 is 1.76 bits per heavy atom. The Morgan fingerprint density at radius 2 is 1.13 bits per heavy atom. The molecule has 14 amide bonds. The number of unbranched alkanes of at least 4 members (excludes halogenated alkanes) is 6. The lowest BCUT2D eigenvalue weighted by atomic mass is 9.96. The molecule has 24 N–H and O–H groups in total. The molecule has 45 heteroatoms. The number of pyridine rings is 1. The number of fused-ring (bicyclic) bond motifs is 2. The smallest absolute Gasteiger partial charge is 0.329 e. The van der Waals surface area contributed by atoms with Crippen molar-refractivity contribution in [3.63, 3.8) is 0 Å². The number of cyclic esters (lactones) is 1. The summed E-state index contributed by atoms with van der Waals surface area (Å²) in [6.07, 6.45) is -2.47. The average Bonchev–Trinajstić information content (AvgIpc) is 1.64. The van der Waals surface area contributed by atoms with Gasteiger partial charge in [-0.15, -0.1) is 0 Å². The fourth-order valence-electron chi connectivity index (χ4n) is 13.3. The van der Waals surface area contributed by atoms with Gasteiger partial charge in [0, 0.05) is 59.5 Å². The first-order valence-electron chi connectivity index (χ1n) is 40.8. The highest BCUT2D eigenvalue weighted by Crippen LogP contribution is 2.25. The first-order valence-corrected chi connectivity index (χ1v) is 41.1. The van der Waals surface area contributed by atoms with Crippen LogP contribution in [0.3, 0.4) is 0 Å². The van der Waals surface area contributed by atoms with Crippen molar-refractivity contribution in [1.82, 2.24) is 84.4 Å². The van der Waals surface area contributed by atoms with E-state index in [2.05, 4.69) is 80.7 Å². The van der Waals surface area contributed by atoms with Crippen LogP contribution in [0, 0.1) is 5.92 Å². The summed E-state index contributed by atoms with van der Waals surface area (Å²) < 4.78 is 5.75. The number of aromatic amines is 1. The topological polar surface area (TPSA) is 701 Å². The number of anilines is 1. The molecule has 13 atom stereocenters. The van der Waals surface area contributed by atoms with E-state index in [1.807, 2.05) is 10.6 Å². The van der Waals surface area contributed by atoms with Crippen molar-refractivity contribution in [3.8, 4) is 0 Å². The minimum Gasteiger partial charge on any atom is -0.481 e. The number of hydrogen-bond donors (Lipinski definition) is 22. The van der Waals surface area contributed by atoms with Gasteiger partial charge in [0.2, 0.25) is 82.7 Å². The number of nitrogens with two attached hydrogens (primary N) is 2. The lowest BCUT2D eigenvalue weighted by molar-refractivity contribution is -0.156. The Balaban J connectivity index is 1.43. The van der Waals surface area contributed by atoms with Crippen molar-refractivity contribution < 1.29 is 126 Å². The molecule has 44 nitrogen and oxygen atoms in total. The zero-order valence-electron chi connectivity index (χ0n) is 69.9. The van der Waals surface area contributed by atoms with Crippen LogP contribution in [0.2, 0.25) is 5.02 Å². The third kappa shape index (κ3) is 33.7. The SMILES string of the molecule is CCCCCCCCCC(=O)NC(Cc1c[nH]c2ccccc12)C(=O)NC(CC(N)=O)C(=O)NC(CC(=O)O)C(=O)NC1C(=O)NCC(=O)NC(CCCNCc2cc(Cl)c3ccccc3n2)C(=O)NC(CC(=O)O)C(=O)NC(C)C(=O)NC(CC(=O)O)C(=O)NCC(=O)NC(CO)C(=O)NC(C(C)CC(=O)O)C(=O)NC(CC(=O)c2ccccc2N)C(=O)OC1C. The van der Waals surface area contributed by atoms with Gasteiger partial charge in [-0.25, -0.2) is 4.79 Å². The lowest BCUT2D eigenvalue weighted by Gasteiger charge is -2.30. The Bertz CT molecular complexity index is 4860. The van der Waals surface area contributed by atoms with Crippen molar-refractivity contribution in [2.45, 2.75) is 216 Å². The third-order valence-electron chi connectivity index (χ3n) is 20.0. The molecule has 1 saturated heterocycles. The molecule has 3 heterocycles. The van der Waals surface area contributed by atoms with Crippen molar-refractivity contribution in [2.75, 3.05) is 32.0 Å². The number of nitrogens with zero attached hydrogens (tertiary/aromatic N) is 1. The summed E-state index contributed by atoms with van der Waals surface area (Å²) in [5, 5.41) is 83.8. The summed E-state index contributed by atoms with van der Waals surface area (Å²) in [4.78, 5) is 285. The number of halogens is 1. The maximum atomic E-state index is 15.0. The first kappa shape index (κ1) is 102. The molecular weight excluding hydrogens is 1690 g/mol. The summed E-state index contributed by atoms with van der Waals surface area (Å²) in [5.41, 5.74) is 13.4. The van der Waals surface area contributed by atoms with Crippen molar-refractivity contribution in [2.24, 2.45) is 11.7 Å². The molecule has 1 aliphatic heterocycles. The monoisotopic (exact) mass is 1790 g/mol. The number of aliphatic hydroxyl groups excluding tert-OH is 1. The largest absolute Gasteiger partial charge is 0.481 e. The van der Waals surface area contributed by atoms with Gasteiger partial charge in [-0.2, -0.15) is 0 Å². The van der Waals surface area contributed by atoms with Crippen LogP contribution < -0.4 is 85.9 Å². The van der Waals surface area contributed by atoms with Crippen molar-refractivity contribution in [1.29, 1.82) is 0 Å². The molecule has 0 spiro atoms. The molecular formula is C82H107ClN18O26. The number of hydrogen-bond acceptors (Lipinski definition) is 25. The fourth-order valence-corrected chi connectivity index (χ4v) is 13.6. The van der Waals surface area contributed by atoms with Crippen molar-refractivity contribution in [3.05, 3.63) is 107 Å². The van der Waals surface area contributed by atoms with Gasteiger partial charge in [0.1, 0.15) is 72.6 Å². The molecule has 0 saturated carbocycles. The van der Waals surface area contributed by atoms with E-state index in [-0.39, 0.29) is 43.6 Å². The first-order chi connectivity index (χ1) is 60.2. The number of rotatable bonds is 38. The van der Waals surface area contributed by atoms with Gasteiger partial charge in [-0.05, 0) is 81.5 Å². The number of nitrogen functional groups attached to an aromatic ring is 1. The molecule has 5 aromatic rings. The van der Waals surface area contributed by atoms with Gasteiger partial charge in [-0.1, -0.05) is 113 Å². The van der Waals surface area contributed by atoms with E-state index in [0.717, 1.165) is 52.9 Å². The summed E-state index contributed by atoms with van der Waals surface area (Å²) in [5.74, 6) is -29.9. The molecule has 1 aliphatic rings. The number of carboxylic acids is 4. The van der Waals surface area contributed by atoms with Crippen LogP contribution in [0.15, 0.2) is 85.1 Å². The number of carboxylic acid groups (broad SMARTS) is 4. The number of aliphatic carboxylic acids is 4. The third-order valence-corrected chi connectivity index (χ3v) is 20.3. The van der Waals surface area contributed by atoms with Gasteiger partial charge in [-0.3, -0.25) is 96.1 Å². The molecule has 0 radical (unpaired) electrons. The summed E-state index contributed by atoms with van der Waals surface area (Å²) in [7, 11) is 0. The number of H-pyrrole nitrogens is 1. The molecule has 2 aromatic heterocycles. The number of carbonyl (C=O) groups is 20. The van der Waals surface area contributed by atoms with Gasteiger partial charge in [0.15, 0.2) is 5.78 Å². The number of carbonyl (C=O) groups excluding carboxylic acids is 16. The number of aromatic nitrogens is 2. The predicted octanol–water partition coefficient (Wildman–Crippen LogP) is -2.59. The van der Waals surface area contributed by atoms with Crippen LogP contribution in [0.5, 0.6) is 0 Å². The number of primary amides is 1. The van der Waals surface area contributed by atoms with Crippen LogP contribution in [0.4, 0.5) is 5.69 Å². The summed E-state index contributed by atoms with van der Waals surface area (Å²) in [6, 6.07) is -2.24. The second kappa shape index (κ2) is 50.9. The molecule has 688 valence electrons. The Kier molecular flexibility index (Phi) is 40.8. The Morgan fingerprint density at radius 1 is 0.567 bits per heavy atom. The highest BCUT2D eigenvalue weighted by atomic mass is 35.5. The molecule has 13 unspecified atom stereocenters. The maximum absolute atomic E-state index is 15.0. The van der Waals surface area contributed by atoms with Crippen molar-refractivity contribution >= 4 is 157 Å². The maximum Gasteiger partial charge on any atom is 0.329 e. The molecule has 3 aromatic carbocycles. The summed E-state index contributed by atoms with van der Waals surface area (Å²) >= 11 is 6.54. The molecule has 6 rings (SSSR count). The van der Waals surface area contributed by atoms with E-state index in [0.29, 0.717) is 50.9 Å². The average molecular weight is 1800 g/mol. The standard InChI is InChI=1S/C82H107ClN18O26/c1-5-6-7-8-9-10-11-26-63(105)93-54(29-44-36-87-51-23-16-13-19-46(44)51)76(120)96-55(32-62(85)104)77(121)98-58(35-69(114)115)78(122)101-71-43(4)127-82(126)59(31-61(103)48-21-12-15-22-50(48)84)99-81(125)70(41(2)28-66(108)109)100-79(123)60(40-102)94-65(107)38-88-73(117)56(33-67(110)111)95-72(116)42(3)90-75(119)57(34-68(112)113)97-74(118)53(92-64(106)39-89-80(71)124)25-18-27-86-37-45-30-49(83)47-20-14-17-24-52(47)91-45/h12-17,19-24,30,36,41-43,53-60,70-71,86-87,102H,5-11,18,25-29,31-35,37-40,84H2,1-4H3,(H2,85,104)(H,88,117)(H,89,124)(H,90,119)(H,92,106)(H,93,105)(H,94,107)(H,95,116)(H,96,120)(H,97,118)(H,98,121)(H,99,125)(H,100,123)(H,101,122)(H,108,109)(H,110,111)(H,112,113)(H,114,115). The van der Waals surface area contributed by atoms with Gasteiger partial charge in [0.05, 0.1) is 68.0 Å². The quantitative estimate of drug-likeness (QED) is 0.00834. The van der Waals surface area contributed by atoms with Crippen LogP contribution in [-0.2, 0) is 109 Å². The van der Waals surface area contributed by atoms with Crippen LogP contribution in [-0.4, -0.2) is 253 Å².